The summed E-state index contributed by atoms with van der Waals surface area (Å²) < 4.78 is 10.1. The van der Waals surface area contributed by atoms with E-state index in [1.165, 1.54) is 0 Å². The Balaban J connectivity index is 3.15. The number of aliphatic hydroxyl groups excluding tert-OH is 1. The molecule has 0 fully saturated rings. The van der Waals surface area contributed by atoms with Gasteiger partial charge in [-0.1, -0.05) is 0 Å². The van der Waals surface area contributed by atoms with Crippen LogP contribution in [0.1, 0.15) is 38.5 Å². The van der Waals surface area contributed by atoms with Crippen molar-refractivity contribution in [2.45, 2.75) is 38.5 Å². The van der Waals surface area contributed by atoms with Gasteiger partial charge >= 0.3 is 11.9 Å². The van der Waals surface area contributed by atoms with Crippen molar-refractivity contribution in [2.75, 3.05) is 26.4 Å². The molecule has 0 aliphatic rings. The second-order valence-electron chi connectivity index (χ2n) is 3.86. The molecule has 0 heterocycles. The highest BCUT2D eigenvalue weighted by atomic mass is 16.5. The van der Waals surface area contributed by atoms with Crippen molar-refractivity contribution in [2.24, 2.45) is 0 Å². The third-order valence-electron chi connectivity index (χ3n) is 2.19. The molecule has 0 amide bonds. The number of carbonyl (C=O) groups excluding carboxylic acids is 1. The third kappa shape index (κ3) is 12.9. The minimum Gasteiger partial charge on any atom is -0.481 e. The van der Waals surface area contributed by atoms with Gasteiger partial charge in [-0.05, 0) is 25.7 Å². The highest BCUT2D eigenvalue weighted by Gasteiger charge is 2.05. The van der Waals surface area contributed by atoms with Crippen LogP contribution in [-0.2, 0) is 19.1 Å². The predicted octanol–water partition coefficient (Wildman–Crippen LogP) is 0.964. The maximum absolute atomic E-state index is 11.0. The molecule has 0 aromatic rings. The Morgan fingerprint density at radius 2 is 1.50 bits per heavy atom. The fourth-order valence-corrected chi connectivity index (χ4v) is 1.19. The molecular formula is C12H22O6. The molecule has 0 saturated heterocycles. The fourth-order valence-electron chi connectivity index (χ4n) is 1.19. The van der Waals surface area contributed by atoms with Crippen LogP contribution in [-0.4, -0.2) is 48.6 Å². The van der Waals surface area contributed by atoms with Crippen LogP contribution in [0.2, 0.25) is 0 Å². The largest absolute Gasteiger partial charge is 0.481 e. The molecule has 18 heavy (non-hydrogen) atoms. The normalized spacial score (nSPS) is 10.3. The van der Waals surface area contributed by atoms with Gasteiger partial charge < -0.3 is 19.7 Å². The van der Waals surface area contributed by atoms with Crippen LogP contribution in [0.15, 0.2) is 0 Å². The molecule has 0 spiro atoms. The van der Waals surface area contributed by atoms with Gasteiger partial charge in [0.15, 0.2) is 0 Å². The molecule has 106 valence electrons. The van der Waals surface area contributed by atoms with Crippen molar-refractivity contribution in [1.29, 1.82) is 0 Å². The average Bonchev–Trinajstić information content (AvgIpc) is 2.34. The number of unbranched alkanes of at least 4 members (excludes halogenated alkanes) is 2. The zero-order valence-electron chi connectivity index (χ0n) is 10.6. The fraction of sp³-hybridized carbons (Fsp3) is 0.833. The van der Waals surface area contributed by atoms with Crippen LogP contribution in [0.3, 0.4) is 0 Å². The van der Waals surface area contributed by atoms with Gasteiger partial charge in [-0.15, -0.1) is 0 Å². The molecule has 0 aromatic carbocycles. The summed E-state index contributed by atoms with van der Waals surface area (Å²) in [5.41, 5.74) is 0. The third-order valence-corrected chi connectivity index (χ3v) is 2.19. The average molecular weight is 262 g/mol. The standard InChI is InChI=1S/C12H22O6/c13-7-1-2-8-17-9-3-4-10-18-12(16)6-5-11(14)15/h13H,1-10H2,(H,14,15). The Hall–Kier alpha value is -1.14. The van der Waals surface area contributed by atoms with E-state index in [0.29, 0.717) is 26.2 Å². The summed E-state index contributed by atoms with van der Waals surface area (Å²) in [4.78, 5) is 21.2. The van der Waals surface area contributed by atoms with Gasteiger partial charge in [-0.25, -0.2) is 0 Å². The minimum absolute atomic E-state index is 0.0764. The van der Waals surface area contributed by atoms with E-state index >= 15 is 0 Å². The lowest BCUT2D eigenvalue weighted by Gasteiger charge is -2.05. The zero-order chi connectivity index (χ0) is 13.6. The van der Waals surface area contributed by atoms with Gasteiger partial charge in [0.1, 0.15) is 0 Å². The number of hydrogen-bond donors (Lipinski definition) is 2. The van der Waals surface area contributed by atoms with Crippen molar-refractivity contribution in [3.63, 3.8) is 0 Å². The lowest BCUT2D eigenvalue weighted by atomic mass is 10.3. The Morgan fingerprint density at radius 3 is 2.11 bits per heavy atom. The van der Waals surface area contributed by atoms with E-state index in [4.69, 9.17) is 19.7 Å². The second kappa shape index (κ2) is 12.3. The van der Waals surface area contributed by atoms with Crippen LogP contribution in [0.4, 0.5) is 0 Å². The van der Waals surface area contributed by atoms with Gasteiger partial charge in [0, 0.05) is 19.8 Å². The van der Waals surface area contributed by atoms with E-state index in [0.717, 1.165) is 19.3 Å². The first kappa shape index (κ1) is 16.9. The van der Waals surface area contributed by atoms with Crippen LogP contribution in [0.25, 0.3) is 0 Å². The maximum atomic E-state index is 11.0. The molecule has 0 aliphatic carbocycles. The number of rotatable bonds is 12. The number of aliphatic hydroxyl groups is 1. The molecule has 6 heteroatoms. The van der Waals surface area contributed by atoms with Crippen LogP contribution in [0, 0.1) is 0 Å². The molecule has 0 unspecified atom stereocenters. The molecule has 6 nitrogen and oxygen atoms in total. The number of hydrogen-bond acceptors (Lipinski definition) is 5. The van der Waals surface area contributed by atoms with Crippen molar-refractivity contribution >= 4 is 11.9 Å². The monoisotopic (exact) mass is 262 g/mol. The summed E-state index contributed by atoms with van der Waals surface area (Å²) in [6.07, 6.45) is 2.84. The Labute approximate surface area is 107 Å². The number of ether oxygens (including phenoxy) is 2. The molecule has 0 aromatic heterocycles. The first-order valence-electron chi connectivity index (χ1n) is 6.23. The summed E-state index contributed by atoms with van der Waals surface area (Å²) in [5.74, 6) is -1.47. The molecule has 0 radical (unpaired) electrons. The van der Waals surface area contributed by atoms with Crippen LogP contribution < -0.4 is 0 Å². The van der Waals surface area contributed by atoms with Crippen molar-refractivity contribution in [3.8, 4) is 0 Å². The molecule has 0 bridgehead atoms. The minimum atomic E-state index is -0.997. The van der Waals surface area contributed by atoms with E-state index < -0.39 is 11.9 Å². The number of carbonyl (C=O) groups is 2. The van der Waals surface area contributed by atoms with Gasteiger partial charge in [-0.2, -0.15) is 0 Å². The van der Waals surface area contributed by atoms with Crippen LogP contribution in [0.5, 0.6) is 0 Å². The Bertz CT molecular complexity index is 229. The van der Waals surface area contributed by atoms with Gasteiger partial charge in [0.25, 0.3) is 0 Å². The first-order chi connectivity index (χ1) is 8.66. The molecular weight excluding hydrogens is 240 g/mol. The summed E-state index contributed by atoms with van der Waals surface area (Å²) in [7, 11) is 0. The van der Waals surface area contributed by atoms with Gasteiger partial charge in [0.05, 0.1) is 19.4 Å². The second-order valence-corrected chi connectivity index (χ2v) is 3.86. The van der Waals surface area contributed by atoms with Crippen molar-refractivity contribution < 1.29 is 29.3 Å². The van der Waals surface area contributed by atoms with E-state index in [2.05, 4.69) is 0 Å². The number of carboxylic acids is 1. The lowest BCUT2D eigenvalue weighted by Crippen LogP contribution is -2.09. The van der Waals surface area contributed by atoms with E-state index in [9.17, 15) is 9.59 Å². The van der Waals surface area contributed by atoms with Crippen LogP contribution >= 0.6 is 0 Å². The molecule has 0 rings (SSSR count). The van der Waals surface area contributed by atoms with Gasteiger partial charge in [0.2, 0.25) is 0 Å². The number of esters is 1. The molecule has 0 aliphatic heterocycles. The van der Waals surface area contributed by atoms with Crippen molar-refractivity contribution in [1.82, 2.24) is 0 Å². The summed E-state index contributed by atoms with van der Waals surface area (Å²) in [5, 5.41) is 16.9. The molecule has 2 N–H and O–H groups in total. The first-order valence-corrected chi connectivity index (χ1v) is 6.23. The predicted molar refractivity (Wildman–Crippen MR) is 64.2 cm³/mol. The topological polar surface area (TPSA) is 93.1 Å². The van der Waals surface area contributed by atoms with E-state index in [1.54, 1.807) is 0 Å². The SMILES string of the molecule is O=C(O)CCC(=O)OCCCCOCCCCO. The van der Waals surface area contributed by atoms with E-state index in [-0.39, 0.29) is 19.4 Å². The number of carboxylic acid groups (broad SMARTS) is 1. The lowest BCUT2D eigenvalue weighted by molar-refractivity contribution is -0.147. The van der Waals surface area contributed by atoms with Gasteiger partial charge in [-0.3, -0.25) is 9.59 Å². The summed E-state index contributed by atoms with van der Waals surface area (Å²) in [6, 6.07) is 0. The molecule has 0 atom stereocenters. The number of aliphatic carboxylic acids is 1. The molecule has 0 saturated carbocycles. The maximum Gasteiger partial charge on any atom is 0.306 e. The Morgan fingerprint density at radius 1 is 0.889 bits per heavy atom. The quantitative estimate of drug-likeness (QED) is 0.402. The van der Waals surface area contributed by atoms with Crippen molar-refractivity contribution in [3.05, 3.63) is 0 Å². The summed E-state index contributed by atoms with van der Waals surface area (Å²) >= 11 is 0. The zero-order valence-corrected chi connectivity index (χ0v) is 10.6. The highest BCUT2D eigenvalue weighted by molar-refractivity contribution is 5.76. The summed E-state index contributed by atoms with van der Waals surface area (Å²) in [6.45, 7) is 1.74. The highest BCUT2D eigenvalue weighted by Crippen LogP contribution is 1.97. The van der Waals surface area contributed by atoms with E-state index in [1.807, 2.05) is 0 Å². The smallest absolute Gasteiger partial charge is 0.306 e. The Kier molecular flexibility index (Phi) is 11.5.